The van der Waals surface area contributed by atoms with Crippen LogP contribution in [-0.2, 0) is 0 Å². The molecule has 19 heavy (non-hydrogen) atoms. The Labute approximate surface area is 116 Å². The van der Waals surface area contributed by atoms with E-state index in [1.165, 1.54) is 25.0 Å². The molecule has 0 aliphatic carbocycles. The van der Waals surface area contributed by atoms with E-state index in [0.717, 1.165) is 12.8 Å². The molecular weight excluding hydrogens is 267 g/mol. The molecule has 0 spiro atoms. The number of nitrogens with one attached hydrogen (secondary N) is 2. The summed E-state index contributed by atoms with van der Waals surface area (Å²) in [7, 11) is 0. The fourth-order valence-electron chi connectivity index (χ4n) is 3.08. The van der Waals surface area contributed by atoms with E-state index >= 15 is 0 Å². The molecule has 2 aliphatic rings. The molecule has 0 radical (unpaired) electrons. The van der Waals surface area contributed by atoms with Gasteiger partial charge in [-0.1, -0.05) is 11.6 Å². The lowest BCUT2D eigenvalue weighted by Gasteiger charge is -2.29. The van der Waals surface area contributed by atoms with Gasteiger partial charge in [0.2, 0.25) is 0 Å². The maximum atomic E-state index is 13.3. The van der Waals surface area contributed by atoms with Gasteiger partial charge in [-0.05, 0) is 43.9 Å². The average Bonchev–Trinajstić information content (AvgIpc) is 2.72. The molecule has 2 fully saturated rings. The van der Waals surface area contributed by atoms with Gasteiger partial charge in [0.15, 0.2) is 0 Å². The van der Waals surface area contributed by atoms with Crippen LogP contribution in [0.3, 0.4) is 0 Å². The van der Waals surface area contributed by atoms with Crippen LogP contribution in [0.25, 0.3) is 0 Å². The van der Waals surface area contributed by atoms with Crippen LogP contribution in [0.4, 0.5) is 4.39 Å². The lowest BCUT2D eigenvalue weighted by molar-refractivity contribution is 0.0923. The Balaban J connectivity index is 1.66. The normalized spacial score (nSPS) is 29.3. The minimum atomic E-state index is -0.556. The Hall–Kier alpha value is -1.13. The molecule has 1 amide bonds. The van der Waals surface area contributed by atoms with Crippen molar-refractivity contribution < 1.29 is 9.18 Å². The van der Waals surface area contributed by atoms with E-state index in [1.54, 1.807) is 6.07 Å². The number of piperidine rings is 1. The van der Waals surface area contributed by atoms with Crippen LogP contribution in [0, 0.1) is 5.82 Å². The van der Waals surface area contributed by atoms with Gasteiger partial charge < -0.3 is 10.6 Å². The SMILES string of the molecule is O=C(NC1CC2CCC(C1)N2)c1ccc(Cl)c(F)c1. The third-order valence-corrected chi connectivity index (χ3v) is 4.30. The summed E-state index contributed by atoms with van der Waals surface area (Å²) in [5.74, 6) is -0.776. The van der Waals surface area contributed by atoms with Gasteiger partial charge in [-0.25, -0.2) is 4.39 Å². The molecule has 2 unspecified atom stereocenters. The quantitative estimate of drug-likeness (QED) is 0.875. The van der Waals surface area contributed by atoms with Crippen molar-refractivity contribution in [2.75, 3.05) is 0 Å². The Morgan fingerprint density at radius 3 is 2.63 bits per heavy atom. The summed E-state index contributed by atoms with van der Waals surface area (Å²) >= 11 is 5.61. The average molecular weight is 283 g/mol. The topological polar surface area (TPSA) is 41.1 Å². The predicted octanol–water partition coefficient (Wildman–Crippen LogP) is 2.49. The van der Waals surface area contributed by atoms with E-state index in [9.17, 15) is 9.18 Å². The summed E-state index contributed by atoms with van der Waals surface area (Å²) in [4.78, 5) is 12.1. The highest BCUT2D eigenvalue weighted by molar-refractivity contribution is 6.30. The summed E-state index contributed by atoms with van der Waals surface area (Å²) in [6, 6.07) is 5.38. The van der Waals surface area contributed by atoms with Crippen molar-refractivity contribution in [1.29, 1.82) is 0 Å². The molecular formula is C14H16ClFN2O. The second-order valence-electron chi connectivity index (χ2n) is 5.41. The van der Waals surface area contributed by atoms with Crippen LogP contribution in [0.1, 0.15) is 36.0 Å². The number of benzene rings is 1. The van der Waals surface area contributed by atoms with Crippen LogP contribution >= 0.6 is 11.6 Å². The van der Waals surface area contributed by atoms with Crippen molar-refractivity contribution in [3.8, 4) is 0 Å². The van der Waals surface area contributed by atoms with Crippen LogP contribution in [0.2, 0.25) is 5.02 Å². The fourth-order valence-corrected chi connectivity index (χ4v) is 3.20. The second kappa shape index (κ2) is 5.10. The summed E-state index contributed by atoms with van der Waals surface area (Å²) in [6.45, 7) is 0. The van der Waals surface area contributed by atoms with E-state index in [4.69, 9.17) is 11.6 Å². The fraction of sp³-hybridized carbons (Fsp3) is 0.500. The first-order valence-electron chi connectivity index (χ1n) is 6.64. The molecule has 0 saturated carbocycles. The van der Waals surface area contributed by atoms with Crippen molar-refractivity contribution in [3.63, 3.8) is 0 Å². The van der Waals surface area contributed by atoms with Gasteiger partial charge in [0.25, 0.3) is 5.91 Å². The van der Waals surface area contributed by atoms with Gasteiger partial charge in [-0.3, -0.25) is 4.79 Å². The maximum Gasteiger partial charge on any atom is 0.251 e. The number of rotatable bonds is 2. The zero-order valence-corrected chi connectivity index (χ0v) is 11.2. The summed E-state index contributed by atoms with van der Waals surface area (Å²) in [6.07, 6.45) is 4.29. The number of hydrogen-bond acceptors (Lipinski definition) is 2. The number of carbonyl (C=O) groups is 1. The summed E-state index contributed by atoms with van der Waals surface area (Å²) in [5, 5.41) is 6.55. The third-order valence-electron chi connectivity index (χ3n) is 3.99. The van der Waals surface area contributed by atoms with Gasteiger partial charge in [-0.2, -0.15) is 0 Å². The highest BCUT2D eigenvalue weighted by Gasteiger charge is 2.34. The standard InChI is InChI=1S/C14H16ClFN2O/c15-12-4-1-8(5-13(12)16)14(19)18-11-6-9-2-3-10(7-11)17-9/h1,4-5,9-11,17H,2-3,6-7H2,(H,18,19). The number of carbonyl (C=O) groups excluding carboxylic acids is 1. The van der Waals surface area contributed by atoms with E-state index in [2.05, 4.69) is 10.6 Å². The zero-order valence-electron chi connectivity index (χ0n) is 10.5. The maximum absolute atomic E-state index is 13.3. The minimum Gasteiger partial charge on any atom is -0.349 e. The Morgan fingerprint density at radius 2 is 2.00 bits per heavy atom. The van der Waals surface area contributed by atoms with Gasteiger partial charge in [0.1, 0.15) is 5.82 Å². The van der Waals surface area contributed by atoms with E-state index in [0.29, 0.717) is 17.6 Å². The molecule has 102 valence electrons. The first-order chi connectivity index (χ1) is 9.11. The largest absolute Gasteiger partial charge is 0.349 e. The van der Waals surface area contributed by atoms with E-state index in [-0.39, 0.29) is 17.0 Å². The molecule has 2 atom stereocenters. The van der Waals surface area contributed by atoms with Crippen LogP contribution in [0.5, 0.6) is 0 Å². The molecule has 3 rings (SSSR count). The molecule has 2 saturated heterocycles. The molecule has 1 aromatic rings. The molecule has 0 aromatic heterocycles. The molecule has 2 N–H and O–H groups in total. The first kappa shape index (κ1) is 12.9. The number of hydrogen-bond donors (Lipinski definition) is 2. The highest BCUT2D eigenvalue weighted by atomic mass is 35.5. The van der Waals surface area contributed by atoms with Crippen LogP contribution in [-0.4, -0.2) is 24.0 Å². The first-order valence-corrected chi connectivity index (χ1v) is 7.01. The number of fused-ring (bicyclic) bond motifs is 2. The van der Waals surface area contributed by atoms with E-state index < -0.39 is 5.82 Å². The lowest BCUT2D eigenvalue weighted by atomic mass is 9.99. The lowest BCUT2D eigenvalue weighted by Crippen LogP contribution is -2.48. The predicted molar refractivity (Wildman–Crippen MR) is 71.8 cm³/mol. The van der Waals surface area contributed by atoms with Crippen molar-refractivity contribution in [2.45, 2.75) is 43.8 Å². The van der Waals surface area contributed by atoms with Crippen LogP contribution < -0.4 is 10.6 Å². The minimum absolute atomic E-state index is 0.0384. The van der Waals surface area contributed by atoms with Gasteiger partial charge in [-0.15, -0.1) is 0 Å². The second-order valence-corrected chi connectivity index (χ2v) is 5.82. The molecule has 3 nitrogen and oxygen atoms in total. The monoisotopic (exact) mass is 282 g/mol. The smallest absolute Gasteiger partial charge is 0.251 e. The molecule has 2 aliphatic heterocycles. The van der Waals surface area contributed by atoms with Crippen molar-refractivity contribution in [2.24, 2.45) is 0 Å². The van der Waals surface area contributed by atoms with E-state index in [1.807, 2.05) is 0 Å². The Bertz CT molecular complexity index is 496. The Kier molecular flexibility index (Phi) is 3.46. The Morgan fingerprint density at radius 1 is 1.32 bits per heavy atom. The number of halogens is 2. The molecule has 5 heteroatoms. The van der Waals surface area contributed by atoms with Gasteiger partial charge >= 0.3 is 0 Å². The van der Waals surface area contributed by atoms with Crippen molar-refractivity contribution >= 4 is 17.5 Å². The number of amides is 1. The zero-order chi connectivity index (χ0) is 13.4. The summed E-state index contributed by atoms with van der Waals surface area (Å²) in [5.41, 5.74) is 0.327. The van der Waals surface area contributed by atoms with Crippen LogP contribution in [0.15, 0.2) is 18.2 Å². The highest BCUT2D eigenvalue weighted by Crippen LogP contribution is 2.27. The summed E-state index contributed by atoms with van der Waals surface area (Å²) < 4.78 is 13.3. The van der Waals surface area contributed by atoms with Gasteiger partial charge in [0, 0.05) is 23.7 Å². The van der Waals surface area contributed by atoms with Crippen molar-refractivity contribution in [3.05, 3.63) is 34.6 Å². The molecule has 1 aromatic carbocycles. The van der Waals surface area contributed by atoms with Gasteiger partial charge in [0.05, 0.1) is 5.02 Å². The third kappa shape index (κ3) is 2.74. The molecule has 2 bridgehead atoms. The van der Waals surface area contributed by atoms with Crippen molar-refractivity contribution in [1.82, 2.24) is 10.6 Å². The molecule has 2 heterocycles.